The first-order valence-electron chi connectivity index (χ1n) is 1.59. The molecule has 1 saturated carbocycles. The molecule has 1 fully saturated rings. The standard InChI is InChI=1S/C3H4F2/c4-2-1-3(2)5/h2-3H,1H2/t2-,3?/m1/s1. The van der Waals surface area contributed by atoms with E-state index in [4.69, 9.17) is 0 Å². The van der Waals surface area contributed by atoms with Gasteiger partial charge in [0.15, 0.2) is 0 Å². The van der Waals surface area contributed by atoms with E-state index in [0.717, 1.165) is 0 Å². The summed E-state index contributed by atoms with van der Waals surface area (Å²) >= 11 is 0. The largest absolute Gasteiger partial charge is 0.244 e. The van der Waals surface area contributed by atoms with Crippen LogP contribution in [0.15, 0.2) is 0 Å². The van der Waals surface area contributed by atoms with E-state index in [1.807, 2.05) is 0 Å². The minimum Gasteiger partial charge on any atom is -0.244 e. The second-order valence-corrected chi connectivity index (χ2v) is 1.27. The third kappa shape index (κ3) is 0.389. The second kappa shape index (κ2) is 0.671. The van der Waals surface area contributed by atoms with E-state index in [0.29, 0.717) is 0 Å². The molecule has 1 rings (SSSR count). The zero-order valence-corrected chi connectivity index (χ0v) is 2.62. The molecule has 0 aromatic heterocycles. The van der Waals surface area contributed by atoms with E-state index in [9.17, 15) is 8.78 Å². The summed E-state index contributed by atoms with van der Waals surface area (Å²) in [5.41, 5.74) is 0. The quantitative estimate of drug-likeness (QED) is 0.406. The molecule has 0 radical (unpaired) electrons. The minimum atomic E-state index is -1.12. The number of halogens is 2. The van der Waals surface area contributed by atoms with Crippen LogP contribution in [0.5, 0.6) is 0 Å². The third-order valence-electron chi connectivity index (χ3n) is 0.640. The van der Waals surface area contributed by atoms with Crippen LogP contribution in [0.4, 0.5) is 8.78 Å². The van der Waals surface area contributed by atoms with Crippen molar-refractivity contribution in [1.29, 1.82) is 0 Å². The van der Waals surface area contributed by atoms with E-state index in [-0.39, 0.29) is 6.42 Å². The molecule has 5 heavy (non-hydrogen) atoms. The summed E-state index contributed by atoms with van der Waals surface area (Å²) in [4.78, 5) is 0. The number of hydrogen-bond acceptors (Lipinski definition) is 0. The number of alkyl halides is 2. The van der Waals surface area contributed by atoms with Gasteiger partial charge in [0.1, 0.15) is 12.3 Å². The Morgan fingerprint density at radius 2 is 1.40 bits per heavy atom. The molecule has 0 aromatic carbocycles. The molecule has 1 aliphatic carbocycles. The topological polar surface area (TPSA) is 0 Å². The van der Waals surface area contributed by atoms with Crippen molar-refractivity contribution in [3.8, 4) is 0 Å². The van der Waals surface area contributed by atoms with Gasteiger partial charge < -0.3 is 0 Å². The van der Waals surface area contributed by atoms with Gasteiger partial charge in [-0.25, -0.2) is 8.78 Å². The van der Waals surface area contributed by atoms with Crippen LogP contribution in [0.1, 0.15) is 6.42 Å². The van der Waals surface area contributed by atoms with Gasteiger partial charge in [-0.2, -0.15) is 0 Å². The molecule has 1 unspecified atom stereocenters. The van der Waals surface area contributed by atoms with Crippen molar-refractivity contribution in [2.45, 2.75) is 18.8 Å². The van der Waals surface area contributed by atoms with Crippen LogP contribution in [0, 0.1) is 0 Å². The highest BCUT2D eigenvalue weighted by Crippen LogP contribution is 2.27. The normalized spacial score (nSPS) is 49.2. The summed E-state index contributed by atoms with van der Waals surface area (Å²) in [6, 6.07) is 0. The Labute approximate surface area is 28.8 Å². The highest BCUT2D eigenvalue weighted by atomic mass is 19.2. The summed E-state index contributed by atoms with van der Waals surface area (Å²) in [5, 5.41) is 0. The van der Waals surface area contributed by atoms with Crippen molar-refractivity contribution in [3.63, 3.8) is 0 Å². The van der Waals surface area contributed by atoms with E-state index in [2.05, 4.69) is 0 Å². The summed E-state index contributed by atoms with van der Waals surface area (Å²) in [7, 11) is 0. The van der Waals surface area contributed by atoms with E-state index in [1.165, 1.54) is 0 Å². The van der Waals surface area contributed by atoms with Gasteiger partial charge >= 0.3 is 0 Å². The third-order valence-corrected chi connectivity index (χ3v) is 0.640. The van der Waals surface area contributed by atoms with Crippen LogP contribution in [-0.4, -0.2) is 12.3 Å². The Bertz CT molecular complexity index is 38.2. The van der Waals surface area contributed by atoms with Gasteiger partial charge in [-0.3, -0.25) is 0 Å². The highest BCUT2D eigenvalue weighted by Gasteiger charge is 2.37. The number of hydrogen-bond donors (Lipinski definition) is 0. The Morgan fingerprint density at radius 3 is 1.40 bits per heavy atom. The predicted octanol–water partition coefficient (Wildman–Crippen LogP) is 1.07. The average Bonchev–Trinajstić information content (AvgIpc) is 1.79. The lowest BCUT2D eigenvalue weighted by atomic mass is 10.9. The first kappa shape index (κ1) is 3.07. The van der Waals surface area contributed by atoms with Gasteiger partial charge in [0.2, 0.25) is 0 Å². The summed E-state index contributed by atoms with van der Waals surface area (Å²) < 4.78 is 22.3. The Hall–Kier alpha value is -0.140. The zero-order chi connectivity index (χ0) is 3.86. The van der Waals surface area contributed by atoms with Crippen LogP contribution in [0.3, 0.4) is 0 Å². The SMILES string of the molecule is FC1C[C@H]1F. The van der Waals surface area contributed by atoms with Gasteiger partial charge in [-0.05, 0) is 0 Å². The smallest absolute Gasteiger partial charge is 0.134 e. The fourth-order valence-electron chi connectivity index (χ4n) is 0.137. The average molecular weight is 78.1 g/mol. The van der Waals surface area contributed by atoms with E-state index in [1.54, 1.807) is 0 Å². The van der Waals surface area contributed by atoms with E-state index < -0.39 is 12.3 Å². The fourth-order valence-corrected chi connectivity index (χ4v) is 0.137. The molecule has 0 amide bonds. The summed E-state index contributed by atoms with van der Waals surface area (Å²) in [6.45, 7) is 0. The van der Waals surface area contributed by atoms with E-state index >= 15 is 0 Å². The fraction of sp³-hybridized carbons (Fsp3) is 1.00. The maximum absolute atomic E-state index is 11.1. The lowest BCUT2D eigenvalue weighted by molar-refractivity contribution is 0.372. The molecule has 0 heterocycles. The van der Waals surface area contributed by atoms with Gasteiger partial charge in [-0.1, -0.05) is 0 Å². The van der Waals surface area contributed by atoms with Crippen molar-refractivity contribution >= 4 is 0 Å². The molecule has 0 aromatic rings. The lowest BCUT2D eigenvalue weighted by Gasteiger charge is -1.60. The van der Waals surface area contributed by atoms with Crippen molar-refractivity contribution < 1.29 is 8.78 Å². The Morgan fingerprint density at radius 1 is 1.20 bits per heavy atom. The van der Waals surface area contributed by atoms with Crippen LogP contribution in [-0.2, 0) is 0 Å². The maximum Gasteiger partial charge on any atom is 0.134 e. The van der Waals surface area contributed by atoms with Crippen LogP contribution < -0.4 is 0 Å². The maximum atomic E-state index is 11.1. The summed E-state index contributed by atoms with van der Waals surface area (Å²) in [6.07, 6.45) is -2.09. The first-order chi connectivity index (χ1) is 2.30. The molecular formula is C3H4F2. The molecule has 0 N–H and O–H groups in total. The Kier molecular flexibility index (Phi) is 0.411. The molecule has 2 atom stereocenters. The van der Waals surface area contributed by atoms with Crippen molar-refractivity contribution in [2.75, 3.05) is 0 Å². The minimum absolute atomic E-state index is 0.139. The molecule has 0 nitrogen and oxygen atoms in total. The van der Waals surface area contributed by atoms with Gasteiger partial charge in [0.25, 0.3) is 0 Å². The van der Waals surface area contributed by atoms with Crippen LogP contribution in [0.25, 0.3) is 0 Å². The van der Waals surface area contributed by atoms with Crippen molar-refractivity contribution in [3.05, 3.63) is 0 Å². The summed E-state index contributed by atoms with van der Waals surface area (Å²) in [5.74, 6) is 0. The predicted molar refractivity (Wildman–Crippen MR) is 14.4 cm³/mol. The lowest BCUT2D eigenvalue weighted by Crippen LogP contribution is -1.68. The number of rotatable bonds is 0. The zero-order valence-electron chi connectivity index (χ0n) is 2.62. The molecule has 0 spiro atoms. The van der Waals surface area contributed by atoms with Crippen molar-refractivity contribution in [2.24, 2.45) is 0 Å². The molecule has 0 aliphatic heterocycles. The highest BCUT2D eigenvalue weighted by molar-refractivity contribution is 4.85. The molecule has 0 saturated heterocycles. The second-order valence-electron chi connectivity index (χ2n) is 1.27. The first-order valence-corrected chi connectivity index (χ1v) is 1.59. The monoisotopic (exact) mass is 78.0 g/mol. The van der Waals surface area contributed by atoms with Crippen molar-refractivity contribution in [1.82, 2.24) is 0 Å². The Balaban J connectivity index is 2.20. The van der Waals surface area contributed by atoms with Gasteiger partial charge in [0.05, 0.1) is 0 Å². The molecule has 2 heteroatoms. The molecule has 0 bridgehead atoms. The van der Waals surface area contributed by atoms with Crippen LogP contribution in [0.2, 0.25) is 0 Å². The molecule has 30 valence electrons. The van der Waals surface area contributed by atoms with Gasteiger partial charge in [0, 0.05) is 6.42 Å². The van der Waals surface area contributed by atoms with Crippen LogP contribution >= 0.6 is 0 Å². The molecular weight excluding hydrogens is 74.0 g/mol. The van der Waals surface area contributed by atoms with Gasteiger partial charge in [-0.15, -0.1) is 0 Å². The molecule has 1 aliphatic rings.